The number of benzene rings is 3. The molecule has 2 saturated carbocycles. The number of unbranched alkanes of at least 4 members (excludes halogenated alkanes) is 2. The molecule has 56 heavy (non-hydrogen) atoms. The second-order valence-electron chi connectivity index (χ2n) is 15.9. The molecule has 7 atom stereocenters. The number of carbonyl (C=O) groups is 5. The van der Waals surface area contributed by atoms with Crippen LogP contribution in [0.2, 0.25) is 0 Å². The Morgan fingerprint density at radius 2 is 1.21 bits per heavy atom. The third-order valence-electron chi connectivity index (χ3n) is 12.0. The topological polar surface area (TPSA) is 131 Å². The van der Waals surface area contributed by atoms with Gasteiger partial charge in [-0.1, -0.05) is 87.0 Å². The van der Waals surface area contributed by atoms with Crippen molar-refractivity contribution in [3.63, 3.8) is 0 Å². The number of hydrogen-bond donors (Lipinski definition) is 3. The molecule has 2 aliphatic heterocycles. The summed E-state index contributed by atoms with van der Waals surface area (Å²) in [5.41, 5.74) is 4.08. The number of piperazine rings is 1. The zero-order valence-electron chi connectivity index (χ0n) is 32.5. The van der Waals surface area contributed by atoms with Crippen molar-refractivity contribution in [1.29, 1.82) is 0 Å². The van der Waals surface area contributed by atoms with Crippen LogP contribution in [0, 0.1) is 11.8 Å². The Balaban J connectivity index is 1.00. The Morgan fingerprint density at radius 1 is 0.661 bits per heavy atom. The van der Waals surface area contributed by atoms with Crippen LogP contribution in [0.3, 0.4) is 0 Å². The highest BCUT2D eigenvalue weighted by molar-refractivity contribution is 5.99. The van der Waals surface area contributed by atoms with Crippen LogP contribution in [0.4, 0.5) is 0 Å². The lowest BCUT2D eigenvalue weighted by Crippen LogP contribution is -2.61. The van der Waals surface area contributed by atoms with E-state index in [1.807, 2.05) is 36.4 Å². The van der Waals surface area contributed by atoms with Crippen LogP contribution in [0.1, 0.15) is 89.6 Å². The van der Waals surface area contributed by atoms with Crippen molar-refractivity contribution >= 4 is 29.5 Å². The predicted octanol–water partition coefficient (Wildman–Crippen LogP) is 4.69. The van der Waals surface area contributed by atoms with E-state index in [1.165, 1.54) is 23.0 Å². The van der Waals surface area contributed by atoms with Gasteiger partial charge in [-0.05, 0) is 54.7 Å². The molecule has 294 valence electrons. The van der Waals surface area contributed by atoms with Gasteiger partial charge in [-0.25, -0.2) is 0 Å². The molecular formula is C45H54N6O5. The molecule has 4 aliphatic rings. The zero-order valence-corrected chi connectivity index (χ0v) is 32.5. The van der Waals surface area contributed by atoms with E-state index in [2.05, 4.69) is 53.7 Å². The van der Waals surface area contributed by atoms with Crippen LogP contribution in [0.25, 0.3) is 0 Å². The van der Waals surface area contributed by atoms with Gasteiger partial charge in [-0.15, -0.1) is 0 Å². The van der Waals surface area contributed by atoms with E-state index in [0.29, 0.717) is 36.7 Å². The van der Waals surface area contributed by atoms with Crippen molar-refractivity contribution in [2.75, 3.05) is 39.3 Å². The Hall–Kier alpha value is -5.45. The molecule has 0 spiro atoms. The van der Waals surface area contributed by atoms with E-state index >= 15 is 0 Å². The van der Waals surface area contributed by atoms with Gasteiger partial charge >= 0.3 is 0 Å². The quantitative estimate of drug-likeness (QED) is 0.205. The summed E-state index contributed by atoms with van der Waals surface area (Å²) in [6.07, 6.45) is 4.76. The van der Waals surface area contributed by atoms with Gasteiger partial charge in [0.1, 0.15) is 6.04 Å². The minimum atomic E-state index is -0.765. The zero-order chi connectivity index (χ0) is 39.3. The Labute approximate surface area is 329 Å². The lowest BCUT2D eigenvalue weighted by atomic mass is 9.92. The summed E-state index contributed by atoms with van der Waals surface area (Å²) < 4.78 is 0. The average molecular weight is 759 g/mol. The fourth-order valence-electron chi connectivity index (χ4n) is 8.46. The summed E-state index contributed by atoms with van der Waals surface area (Å²) in [6.45, 7) is 9.73. The highest BCUT2D eigenvalue weighted by atomic mass is 16.2. The summed E-state index contributed by atoms with van der Waals surface area (Å²) in [4.78, 5) is 72.0. The first-order valence-corrected chi connectivity index (χ1v) is 20.2. The van der Waals surface area contributed by atoms with E-state index in [0.717, 1.165) is 37.8 Å². The molecular weight excluding hydrogens is 705 g/mol. The van der Waals surface area contributed by atoms with Gasteiger partial charge in [-0.3, -0.25) is 24.0 Å². The van der Waals surface area contributed by atoms with Gasteiger partial charge in [0, 0.05) is 86.3 Å². The SMILES string of the molecule is C=C(N[C@H]1C[C@@H]1c1ccccc1)[C@@H]1CN(C(=O)c2ccc(C(=O)N3CCN(C(C)=O)[C@H](C(=O)NCCCCC)C3)cc2)C[C@H]1C(=O)N[C@H]1C[C@@H]1c1ccccc1. The van der Waals surface area contributed by atoms with E-state index < -0.39 is 12.0 Å². The van der Waals surface area contributed by atoms with Crippen LogP contribution in [0.5, 0.6) is 0 Å². The number of nitrogens with zero attached hydrogens (tertiary/aromatic N) is 3. The van der Waals surface area contributed by atoms with Crippen molar-refractivity contribution in [1.82, 2.24) is 30.7 Å². The smallest absolute Gasteiger partial charge is 0.253 e. The molecule has 0 bridgehead atoms. The number of rotatable bonds is 14. The summed E-state index contributed by atoms with van der Waals surface area (Å²) in [6, 6.07) is 26.7. The minimum Gasteiger partial charge on any atom is -0.385 e. The number of amides is 5. The first-order chi connectivity index (χ1) is 27.1. The molecule has 4 fully saturated rings. The maximum Gasteiger partial charge on any atom is 0.253 e. The van der Waals surface area contributed by atoms with Crippen LogP contribution in [-0.2, 0) is 14.4 Å². The normalized spacial score (nSPS) is 25.2. The van der Waals surface area contributed by atoms with Gasteiger partial charge in [0.15, 0.2) is 0 Å². The van der Waals surface area contributed by atoms with Crippen LogP contribution in [-0.4, -0.2) is 102 Å². The molecule has 2 saturated heterocycles. The van der Waals surface area contributed by atoms with E-state index in [4.69, 9.17) is 0 Å². The fraction of sp³-hybridized carbons (Fsp3) is 0.444. The van der Waals surface area contributed by atoms with Crippen LogP contribution < -0.4 is 16.0 Å². The lowest BCUT2D eigenvalue weighted by molar-refractivity contribution is -0.141. The maximum atomic E-state index is 14.0. The lowest BCUT2D eigenvalue weighted by Gasteiger charge is -2.40. The van der Waals surface area contributed by atoms with Crippen LogP contribution in [0.15, 0.2) is 97.2 Å². The van der Waals surface area contributed by atoms with E-state index in [1.54, 1.807) is 34.1 Å². The molecule has 11 nitrogen and oxygen atoms in total. The third kappa shape index (κ3) is 8.82. The molecule has 0 radical (unpaired) electrons. The first kappa shape index (κ1) is 38.8. The molecule has 0 aromatic heterocycles. The van der Waals surface area contributed by atoms with Gasteiger partial charge in [-0.2, -0.15) is 0 Å². The highest BCUT2D eigenvalue weighted by Crippen LogP contribution is 2.43. The van der Waals surface area contributed by atoms with Gasteiger partial charge in [0.05, 0.1) is 12.5 Å². The maximum absolute atomic E-state index is 14.0. The average Bonchev–Trinajstić information content (AvgIpc) is 4.13. The molecule has 5 amide bonds. The minimum absolute atomic E-state index is 0.0633. The Morgan fingerprint density at radius 3 is 1.79 bits per heavy atom. The standard InChI is InChI=1S/C45H54N6O5/c1-4-5-12-21-46-43(54)41-28-49(22-23-51(41)30(3)52)44(55)33-17-19-34(20-18-33)45(56)50-26-37(29(2)47-39-24-35(39)31-13-8-6-9-14-31)38(27-50)42(53)48-40-25-36(40)32-15-10-7-11-16-32/h6-11,13-20,35-41,47H,2,4-5,12,21-28H2,1,3H3,(H,46,54)(H,48,53)/t35-,36-,37+,38-,39+,40+,41+/m1/s1. The van der Waals surface area contributed by atoms with Crippen molar-refractivity contribution in [3.8, 4) is 0 Å². The predicted molar refractivity (Wildman–Crippen MR) is 215 cm³/mol. The molecule has 3 aromatic rings. The van der Waals surface area contributed by atoms with Crippen molar-refractivity contribution < 1.29 is 24.0 Å². The van der Waals surface area contributed by atoms with E-state index in [-0.39, 0.29) is 73.1 Å². The molecule has 0 unspecified atom stereocenters. The summed E-state index contributed by atoms with van der Waals surface area (Å²) in [7, 11) is 0. The number of likely N-dealkylation sites (tertiary alicyclic amines) is 1. The summed E-state index contributed by atoms with van der Waals surface area (Å²) >= 11 is 0. The largest absolute Gasteiger partial charge is 0.385 e. The molecule has 3 aromatic carbocycles. The van der Waals surface area contributed by atoms with Gasteiger partial charge < -0.3 is 30.7 Å². The molecule has 7 rings (SSSR count). The monoisotopic (exact) mass is 758 g/mol. The second kappa shape index (κ2) is 17.1. The van der Waals surface area contributed by atoms with E-state index in [9.17, 15) is 24.0 Å². The third-order valence-corrected chi connectivity index (χ3v) is 12.0. The number of hydrogen-bond acceptors (Lipinski definition) is 6. The Kier molecular flexibility index (Phi) is 11.9. The second-order valence-corrected chi connectivity index (χ2v) is 15.9. The molecule has 3 N–H and O–H groups in total. The molecule has 2 aliphatic carbocycles. The first-order valence-electron chi connectivity index (χ1n) is 20.2. The summed E-state index contributed by atoms with van der Waals surface area (Å²) in [5, 5.41) is 9.83. The Bertz CT molecular complexity index is 1840. The van der Waals surface area contributed by atoms with Gasteiger partial charge in [0.25, 0.3) is 11.8 Å². The molecule has 11 heteroatoms. The highest BCUT2D eigenvalue weighted by Gasteiger charge is 2.47. The fourth-order valence-corrected chi connectivity index (χ4v) is 8.46. The van der Waals surface area contributed by atoms with Gasteiger partial charge in [0.2, 0.25) is 17.7 Å². The number of carbonyl (C=O) groups excluding carboxylic acids is 5. The summed E-state index contributed by atoms with van der Waals surface area (Å²) in [5.74, 6) is -1.06. The molecule has 2 heterocycles. The van der Waals surface area contributed by atoms with Crippen molar-refractivity contribution in [3.05, 3.63) is 119 Å². The van der Waals surface area contributed by atoms with Crippen molar-refractivity contribution in [2.45, 2.75) is 75.9 Å². The van der Waals surface area contributed by atoms with Crippen LogP contribution >= 0.6 is 0 Å². The number of nitrogens with one attached hydrogen (secondary N) is 3. The van der Waals surface area contributed by atoms with Crippen molar-refractivity contribution in [2.24, 2.45) is 11.8 Å².